The highest BCUT2D eigenvalue weighted by atomic mass is 79.9. The van der Waals surface area contributed by atoms with Gasteiger partial charge in [-0.15, -0.1) is 0 Å². The van der Waals surface area contributed by atoms with Gasteiger partial charge in [0.05, 0.1) is 18.6 Å². The van der Waals surface area contributed by atoms with E-state index in [-0.39, 0.29) is 18.3 Å². The van der Waals surface area contributed by atoms with E-state index < -0.39 is 0 Å². The number of carbonyl (C=O) groups is 2. The van der Waals surface area contributed by atoms with Crippen molar-refractivity contribution in [1.29, 1.82) is 0 Å². The molecule has 1 amide bonds. The van der Waals surface area contributed by atoms with Gasteiger partial charge in [0.15, 0.2) is 11.5 Å². The Hall–Kier alpha value is -2.36. The molecule has 1 saturated heterocycles. The maximum Gasteiger partial charge on any atom is 0.305 e. The Morgan fingerprint density at radius 3 is 2.73 bits per heavy atom. The third-order valence-corrected chi connectivity index (χ3v) is 6.58. The zero-order valence-corrected chi connectivity index (χ0v) is 21.6. The Bertz CT molecular complexity index is 1070. The number of esters is 1. The van der Waals surface area contributed by atoms with Gasteiger partial charge >= 0.3 is 5.97 Å². The van der Waals surface area contributed by atoms with Crippen molar-refractivity contribution >= 4 is 62.2 Å². The normalized spacial score (nSPS) is 14.6. The maximum absolute atomic E-state index is 12.8. The summed E-state index contributed by atoms with van der Waals surface area (Å²) in [5.41, 5.74) is 1.84. The van der Waals surface area contributed by atoms with Crippen LogP contribution >= 0.6 is 39.9 Å². The third-order valence-electron chi connectivity index (χ3n) is 4.71. The summed E-state index contributed by atoms with van der Waals surface area (Å²) < 4.78 is 17.9. The van der Waals surface area contributed by atoms with Crippen molar-refractivity contribution in [3.63, 3.8) is 0 Å². The molecule has 2 aromatic rings. The summed E-state index contributed by atoms with van der Waals surface area (Å²) in [6.45, 7) is 3.18. The molecule has 1 aliphatic heterocycles. The molecule has 6 nitrogen and oxygen atoms in total. The highest BCUT2D eigenvalue weighted by molar-refractivity contribution is 9.10. The number of halogens is 1. The van der Waals surface area contributed by atoms with Gasteiger partial charge in [-0.25, -0.2) is 0 Å². The number of rotatable bonds is 10. The molecule has 9 heteroatoms. The molecule has 0 N–H and O–H groups in total. The Labute approximate surface area is 211 Å². The maximum atomic E-state index is 12.8. The molecule has 0 saturated carbocycles. The summed E-state index contributed by atoms with van der Waals surface area (Å²) in [7, 11) is 1.35. The van der Waals surface area contributed by atoms with E-state index in [1.165, 1.54) is 23.8 Å². The Kier molecular flexibility index (Phi) is 9.34. The average molecular weight is 550 g/mol. The van der Waals surface area contributed by atoms with E-state index in [9.17, 15) is 9.59 Å². The quantitative estimate of drug-likeness (QED) is 0.217. The molecule has 0 atom stereocenters. The fourth-order valence-corrected chi connectivity index (χ4v) is 4.87. The van der Waals surface area contributed by atoms with Gasteiger partial charge in [0.1, 0.15) is 10.9 Å². The number of methoxy groups -OCH3 is 1. The van der Waals surface area contributed by atoms with Crippen LogP contribution in [0.3, 0.4) is 0 Å². The zero-order valence-electron chi connectivity index (χ0n) is 18.3. The van der Waals surface area contributed by atoms with Crippen LogP contribution in [0.5, 0.6) is 11.5 Å². The van der Waals surface area contributed by atoms with Crippen LogP contribution in [-0.2, 0) is 20.9 Å². The van der Waals surface area contributed by atoms with Crippen LogP contribution in [0.25, 0.3) is 6.08 Å². The second-order valence-electron chi connectivity index (χ2n) is 7.07. The second kappa shape index (κ2) is 12.2. The summed E-state index contributed by atoms with van der Waals surface area (Å²) >= 11 is 10.1. The third kappa shape index (κ3) is 7.06. The van der Waals surface area contributed by atoms with Crippen molar-refractivity contribution in [3.8, 4) is 11.5 Å². The molecule has 1 heterocycles. The monoisotopic (exact) mass is 549 g/mol. The summed E-state index contributed by atoms with van der Waals surface area (Å²) in [5.74, 6) is 0.767. The second-order valence-corrected chi connectivity index (χ2v) is 9.66. The lowest BCUT2D eigenvalue weighted by molar-refractivity contribution is -0.141. The molecule has 0 spiro atoms. The number of thiocarbonyl (C=S) groups is 1. The molecule has 0 bridgehead atoms. The summed E-state index contributed by atoms with van der Waals surface area (Å²) in [6.07, 6.45) is 2.52. The van der Waals surface area contributed by atoms with Crippen LogP contribution in [0, 0.1) is 0 Å². The number of hydrogen-bond acceptors (Lipinski definition) is 7. The highest BCUT2D eigenvalue weighted by Crippen LogP contribution is 2.35. The minimum atomic E-state index is -0.304. The minimum Gasteiger partial charge on any atom is -0.490 e. The first-order chi connectivity index (χ1) is 15.9. The van der Waals surface area contributed by atoms with Crippen molar-refractivity contribution in [3.05, 3.63) is 63.0 Å². The zero-order chi connectivity index (χ0) is 23.8. The van der Waals surface area contributed by atoms with Crippen LogP contribution in [-0.4, -0.2) is 41.4 Å². The van der Waals surface area contributed by atoms with Crippen molar-refractivity contribution in [2.75, 3.05) is 20.3 Å². The van der Waals surface area contributed by atoms with E-state index >= 15 is 0 Å². The Morgan fingerprint density at radius 1 is 1.18 bits per heavy atom. The van der Waals surface area contributed by atoms with Gasteiger partial charge in [0, 0.05) is 17.4 Å². The fourth-order valence-electron chi connectivity index (χ4n) is 3.12. The van der Waals surface area contributed by atoms with E-state index in [1.807, 2.05) is 49.4 Å². The number of hydrogen-bond donors (Lipinski definition) is 0. The van der Waals surface area contributed by atoms with Gasteiger partial charge in [-0.2, -0.15) is 0 Å². The molecular formula is C24H24BrNO5S2. The van der Waals surface area contributed by atoms with Crippen LogP contribution in [0.4, 0.5) is 0 Å². The molecule has 3 rings (SSSR count). The lowest BCUT2D eigenvalue weighted by atomic mass is 10.1. The first-order valence-corrected chi connectivity index (χ1v) is 12.4. The lowest BCUT2D eigenvalue weighted by Crippen LogP contribution is -2.29. The number of nitrogens with zero attached hydrogens (tertiary/aromatic N) is 1. The fraction of sp³-hybridized carbons (Fsp3) is 0.292. The van der Waals surface area contributed by atoms with Crippen molar-refractivity contribution in [1.82, 2.24) is 4.90 Å². The number of thioether (sulfide) groups is 1. The Balaban J connectivity index is 1.71. The number of benzene rings is 2. The Morgan fingerprint density at radius 2 is 2.00 bits per heavy atom. The number of ether oxygens (including phenoxy) is 3. The average Bonchev–Trinajstić information content (AvgIpc) is 3.06. The van der Waals surface area contributed by atoms with Gasteiger partial charge in [0.25, 0.3) is 5.91 Å². The largest absolute Gasteiger partial charge is 0.490 e. The van der Waals surface area contributed by atoms with Gasteiger partial charge in [-0.3, -0.25) is 14.5 Å². The smallest absolute Gasteiger partial charge is 0.305 e. The topological polar surface area (TPSA) is 65.1 Å². The molecule has 0 unspecified atom stereocenters. The van der Waals surface area contributed by atoms with E-state index in [0.29, 0.717) is 46.9 Å². The SMILES string of the molecule is CCOc1cc(/C=C2/SC(=S)N(CCCC(=O)OC)C2=O)ccc1OCc1cccc(Br)c1. The molecule has 0 aliphatic carbocycles. The van der Waals surface area contributed by atoms with E-state index in [1.54, 1.807) is 6.08 Å². The molecule has 0 aromatic heterocycles. The molecule has 1 fully saturated rings. The van der Waals surface area contributed by atoms with Crippen LogP contribution in [0.15, 0.2) is 51.8 Å². The lowest BCUT2D eigenvalue weighted by Gasteiger charge is -2.14. The van der Waals surface area contributed by atoms with Gasteiger partial charge in [-0.1, -0.05) is 58.1 Å². The van der Waals surface area contributed by atoms with Crippen molar-refractivity contribution < 1.29 is 23.8 Å². The van der Waals surface area contributed by atoms with E-state index in [4.69, 9.17) is 21.7 Å². The summed E-state index contributed by atoms with van der Waals surface area (Å²) in [5, 5.41) is 0. The van der Waals surface area contributed by atoms with E-state index in [2.05, 4.69) is 20.7 Å². The van der Waals surface area contributed by atoms with E-state index in [0.717, 1.165) is 15.6 Å². The van der Waals surface area contributed by atoms with Crippen molar-refractivity contribution in [2.24, 2.45) is 0 Å². The first kappa shape index (κ1) is 25.3. The van der Waals surface area contributed by atoms with Gasteiger partial charge < -0.3 is 14.2 Å². The van der Waals surface area contributed by atoms with Crippen LogP contribution < -0.4 is 9.47 Å². The number of amides is 1. The molecule has 2 aromatic carbocycles. The summed E-state index contributed by atoms with van der Waals surface area (Å²) in [4.78, 5) is 26.2. The van der Waals surface area contributed by atoms with Gasteiger partial charge in [-0.05, 0) is 54.8 Å². The standard InChI is InChI=1S/C24H24BrNO5S2/c1-3-30-20-13-16(9-10-19(20)31-15-17-6-4-7-18(25)12-17)14-21-23(28)26(24(32)33-21)11-5-8-22(27)29-2/h4,6-7,9-10,12-14H,3,5,8,11,15H2,1-2H3/b21-14+. The number of carbonyl (C=O) groups excluding carboxylic acids is 2. The molecule has 33 heavy (non-hydrogen) atoms. The predicted molar refractivity (Wildman–Crippen MR) is 137 cm³/mol. The molecule has 1 aliphatic rings. The molecule has 174 valence electrons. The predicted octanol–water partition coefficient (Wildman–Crippen LogP) is 5.58. The summed E-state index contributed by atoms with van der Waals surface area (Å²) in [6, 6.07) is 13.5. The molecular weight excluding hydrogens is 526 g/mol. The molecule has 0 radical (unpaired) electrons. The van der Waals surface area contributed by atoms with Crippen molar-refractivity contribution in [2.45, 2.75) is 26.4 Å². The highest BCUT2D eigenvalue weighted by Gasteiger charge is 2.31. The van der Waals surface area contributed by atoms with Crippen LogP contribution in [0.1, 0.15) is 30.9 Å². The minimum absolute atomic E-state index is 0.164. The first-order valence-electron chi connectivity index (χ1n) is 10.4. The van der Waals surface area contributed by atoms with Gasteiger partial charge in [0.2, 0.25) is 0 Å². The van der Waals surface area contributed by atoms with Crippen LogP contribution in [0.2, 0.25) is 0 Å².